The van der Waals surface area contributed by atoms with Gasteiger partial charge in [0, 0.05) is 12.2 Å². The largest absolute Gasteiger partial charge is 0.399 e. The van der Waals surface area contributed by atoms with Crippen molar-refractivity contribution in [3.63, 3.8) is 0 Å². The Balaban J connectivity index is 2.18. The first-order valence-corrected chi connectivity index (χ1v) is 6.97. The van der Waals surface area contributed by atoms with Crippen molar-refractivity contribution in [1.82, 2.24) is 5.32 Å². The smallest absolute Gasteiger partial charge is 0.0314 e. The van der Waals surface area contributed by atoms with Crippen LogP contribution in [0.4, 0.5) is 5.69 Å². The molecule has 0 saturated heterocycles. The number of nitrogens with two attached hydrogens (primary N) is 1. The van der Waals surface area contributed by atoms with Gasteiger partial charge in [-0.1, -0.05) is 39.8 Å². The molecule has 1 aromatic carbocycles. The van der Waals surface area contributed by atoms with E-state index in [1.165, 1.54) is 12.0 Å². The number of rotatable bonds is 7. The van der Waals surface area contributed by atoms with E-state index in [1.807, 2.05) is 12.1 Å². The third-order valence-corrected chi connectivity index (χ3v) is 3.94. The van der Waals surface area contributed by atoms with Gasteiger partial charge in [0.1, 0.15) is 0 Å². The summed E-state index contributed by atoms with van der Waals surface area (Å²) < 4.78 is 0. The van der Waals surface area contributed by atoms with Crippen molar-refractivity contribution in [3.05, 3.63) is 29.8 Å². The standard InChI is InChI=1S/C16H28N2/c1-13(2)16(3,4)12-18-11-5-6-14-7-9-15(17)10-8-14/h7-10,13,18H,5-6,11-12,17H2,1-4H3. The number of hydrogen-bond acceptors (Lipinski definition) is 2. The first-order valence-electron chi connectivity index (χ1n) is 6.97. The van der Waals surface area contributed by atoms with Gasteiger partial charge < -0.3 is 11.1 Å². The third kappa shape index (κ3) is 5.09. The van der Waals surface area contributed by atoms with E-state index in [0.717, 1.165) is 25.2 Å². The Morgan fingerprint density at radius 3 is 2.33 bits per heavy atom. The van der Waals surface area contributed by atoms with Crippen molar-refractivity contribution in [2.24, 2.45) is 11.3 Å². The van der Waals surface area contributed by atoms with Gasteiger partial charge in [0.15, 0.2) is 0 Å². The molecule has 0 fully saturated rings. The number of aryl methyl sites for hydroxylation is 1. The van der Waals surface area contributed by atoms with Crippen molar-refractivity contribution in [2.75, 3.05) is 18.8 Å². The highest BCUT2D eigenvalue weighted by Crippen LogP contribution is 2.24. The topological polar surface area (TPSA) is 38.0 Å². The number of nitrogens with one attached hydrogen (secondary N) is 1. The SMILES string of the molecule is CC(C)C(C)(C)CNCCCc1ccc(N)cc1. The van der Waals surface area contributed by atoms with E-state index in [1.54, 1.807) is 0 Å². The predicted octanol–water partition coefficient (Wildman–Crippen LogP) is 3.47. The molecule has 0 aromatic heterocycles. The van der Waals surface area contributed by atoms with E-state index in [4.69, 9.17) is 5.73 Å². The molecule has 0 spiro atoms. The lowest BCUT2D eigenvalue weighted by molar-refractivity contribution is 0.238. The Morgan fingerprint density at radius 1 is 1.17 bits per heavy atom. The Bertz CT molecular complexity index is 339. The number of benzene rings is 1. The van der Waals surface area contributed by atoms with Crippen molar-refractivity contribution >= 4 is 5.69 Å². The highest BCUT2D eigenvalue weighted by molar-refractivity contribution is 5.39. The molecule has 0 unspecified atom stereocenters. The third-order valence-electron chi connectivity index (χ3n) is 3.94. The summed E-state index contributed by atoms with van der Waals surface area (Å²) in [5, 5.41) is 3.56. The molecule has 1 aromatic rings. The molecule has 2 heteroatoms. The van der Waals surface area contributed by atoms with Crippen LogP contribution in [0.25, 0.3) is 0 Å². The molecule has 0 atom stereocenters. The average Bonchev–Trinajstić information content (AvgIpc) is 2.31. The van der Waals surface area contributed by atoms with Gasteiger partial charge in [-0.25, -0.2) is 0 Å². The zero-order valence-electron chi connectivity index (χ0n) is 12.3. The molecule has 0 aliphatic carbocycles. The molecular weight excluding hydrogens is 220 g/mol. The van der Waals surface area contributed by atoms with E-state index >= 15 is 0 Å². The summed E-state index contributed by atoms with van der Waals surface area (Å²) in [7, 11) is 0. The van der Waals surface area contributed by atoms with Gasteiger partial charge in [-0.2, -0.15) is 0 Å². The van der Waals surface area contributed by atoms with Crippen LogP contribution in [0.5, 0.6) is 0 Å². The minimum atomic E-state index is 0.376. The number of anilines is 1. The lowest BCUT2D eigenvalue weighted by atomic mass is 9.81. The van der Waals surface area contributed by atoms with Gasteiger partial charge in [0.2, 0.25) is 0 Å². The fourth-order valence-electron chi connectivity index (χ4n) is 1.72. The maximum atomic E-state index is 5.67. The fourth-order valence-corrected chi connectivity index (χ4v) is 1.72. The molecule has 2 nitrogen and oxygen atoms in total. The molecule has 1 rings (SSSR count). The highest BCUT2D eigenvalue weighted by Gasteiger charge is 2.21. The Morgan fingerprint density at radius 2 is 1.78 bits per heavy atom. The first kappa shape index (κ1) is 15.0. The second kappa shape index (κ2) is 6.79. The normalized spacial score (nSPS) is 12.1. The Kier molecular flexibility index (Phi) is 5.67. The van der Waals surface area contributed by atoms with Crippen LogP contribution < -0.4 is 11.1 Å². The van der Waals surface area contributed by atoms with Crippen LogP contribution in [-0.2, 0) is 6.42 Å². The minimum Gasteiger partial charge on any atom is -0.399 e. The maximum Gasteiger partial charge on any atom is 0.0314 e. The molecule has 3 N–H and O–H groups in total. The van der Waals surface area contributed by atoms with Crippen molar-refractivity contribution in [1.29, 1.82) is 0 Å². The van der Waals surface area contributed by atoms with Crippen molar-refractivity contribution in [3.8, 4) is 0 Å². The lowest BCUT2D eigenvalue weighted by Crippen LogP contribution is -2.34. The number of hydrogen-bond donors (Lipinski definition) is 2. The van der Waals surface area contributed by atoms with Gasteiger partial charge in [0.05, 0.1) is 0 Å². The quantitative estimate of drug-likeness (QED) is 0.573. The molecule has 0 radical (unpaired) electrons. The summed E-state index contributed by atoms with van der Waals surface area (Å²) in [6, 6.07) is 8.19. The van der Waals surface area contributed by atoms with Crippen LogP contribution in [-0.4, -0.2) is 13.1 Å². The van der Waals surface area contributed by atoms with Gasteiger partial charge in [-0.15, -0.1) is 0 Å². The molecule has 0 bridgehead atoms. The summed E-state index contributed by atoms with van der Waals surface area (Å²) >= 11 is 0. The molecule has 102 valence electrons. The van der Waals surface area contributed by atoms with Crippen LogP contribution in [0.3, 0.4) is 0 Å². The molecule has 0 saturated carbocycles. The van der Waals surface area contributed by atoms with Crippen LogP contribution in [0.15, 0.2) is 24.3 Å². The first-order chi connectivity index (χ1) is 8.42. The average molecular weight is 248 g/mol. The second-order valence-corrected chi connectivity index (χ2v) is 6.17. The monoisotopic (exact) mass is 248 g/mol. The zero-order chi connectivity index (χ0) is 13.6. The van der Waals surface area contributed by atoms with Crippen LogP contribution in [0.1, 0.15) is 39.7 Å². The molecule has 0 aliphatic rings. The van der Waals surface area contributed by atoms with E-state index in [2.05, 4.69) is 45.1 Å². The molecule has 0 aliphatic heterocycles. The van der Waals surface area contributed by atoms with E-state index in [9.17, 15) is 0 Å². The zero-order valence-corrected chi connectivity index (χ0v) is 12.3. The summed E-state index contributed by atoms with van der Waals surface area (Å²) in [6.45, 7) is 11.4. The molecule has 18 heavy (non-hydrogen) atoms. The summed E-state index contributed by atoms with van der Waals surface area (Å²) in [4.78, 5) is 0. The van der Waals surface area contributed by atoms with Crippen LogP contribution in [0.2, 0.25) is 0 Å². The van der Waals surface area contributed by atoms with Crippen molar-refractivity contribution in [2.45, 2.75) is 40.5 Å². The summed E-state index contributed by atoms with van der Waals surface area (Å²) in [5.41, 5.74) is 8.26. The fraction of sp³-hybridized carbons (Fsp3) is 0.625. The molecule has 0 heterocycles. The van der Waals surface area contributed by atoms with Crippen LogP contribution in [0, 0.1) is 11.3 Å². The Hall–Kier alpha value is -1.02. The van der Waals surface area contributed by atoms with E-state index in [0.29, 0.717) is 11.3 Å². The van der Waals surface area contributed by atoms with Gasteiger partial charge in [0.25, 0.3) is 0 Å². The summed E-state index contributed by atoms with van der Waals surface area (Å²) in [5.74, 6) is 0.710. The maximum absolute atomic E-state index is 5.67. The minimum absolute atomic E-state index is 0.376. The van der Waals surface area contributed by atoms with Gasteiger partial charge >= 0.3 is 0 Å². The molecular formula is C16H28N2. The highest BCUT2D eigenvalue weighted by atomic mass is 14.9. The summed E-state index contributed by atoms with van der Waals surface area (Å²) in [6.07, 6.45) is 2.30. The van der Waals surface area contributed by atoms with Crippen molar-refractivity contribution < 1.29 is 0 Å². The van der Waals surface area contributed by atoms with E-state index in [-0.39, 0.29) is 0 Å². The second-order valence-electron chi connectivity index (χ2n) is 6.17. The molecule has 0 amide bonds. The lowest BCUT2D eigenvalue weighted by Gasteiger charge is -2.29. The van der Waals surface area contributed by atoms with Crippen LogP contribution >= 0.6 is 0 Å². The van der Waals surface area contributed by atoms with Gasteiger partial charge in [-0.3, -0.25) is 0 Å². The van der Waals surface area contributed by atoms with E-state index < -0.39 is 0 Å². The Labute approximate surface area is 112 Å². The predicted molar refractivity (Wildman–Crippen MR) is 80.7 cm³/mol. The number of nitrogen functional groups attached to an aromatic ring is 1. The van der Waals surface area contributed by atoms with Gasteiger partial charge in [-0.05, 0) is 48.4 Å².